The molecule has 0 radical (unpaired) electrons. The van der Waals surface area contributed by atoms with Crippen molar-refractivity contribution in [3.05, 3.63) is 36.5 Å². The van der Waals surface area contributed by atoms with Gasteiger partial charge in [0.25, 0.3) is 0 Å². The fourth-order valence-corrected chi connectivity index (χ4v) is 3.04. The van der Waals surface area contributed by atoms with Gasteiger partial charge in [-0.15, -0.1) is 0 Å². The maximum atomic E-state index is 12.2. The molecule has 0 bridgehead atoms. The first kappa shape index (κ1) is 16.6. The van der Waals surface area contributed by atoms with Gasteiger partial charge in [0.05, 0.1) is 5.52 Å². The summed E-state index contributed by atoms with van der Waals surface area (Å²) in [5.74, 6) is 0. The second-order valence-electron chi connectivity index (χ2n) is 7.36. The second-order valence-corrected chi connectivity index (χ2v) is 7.36. The summed E-state index contributed by atoms with van der Waals surface area (Å²) < 4.78 is 5.47. The first-order chi connectivity index (χ1) is 11.3. The lowest BCUT2D eigenvalue weighted by atomic mass is 10.1. The molecule has 2 heterocycles. The van der Waals surface area contributed by atoms with Crippen molar-refractivity contribution in [3.63, 3.8) is 0 Å². The Morgan fingerprint density at radius 1 is 1.33 bits per heavy atom. The number of hydrogen-bond acceptors (Lipinski definition) is 4. The number of likely N-dealkylation sites (tertiary alicyclic amines) is 1. The molecule has 1 amide bonds. The summed E-state index contributed by atoms with van der Waals surface area (Å²) in [6.07, 6.45) is 2.53. The van der Waals surface area contributed by atoms with Crippen molar-refractivity contribution in [3.8, 4) is 0 Å². The molecule has 1 fully saturated rings. The van der Waals surface area contributed by atoms with Crippen LogP contribution in [0.25, 0.3) is 10.9 Å². The molecule has 24 heavy (non-hydrogen) atoms. The zero-order valence-corrected chi connectivity index (χ0v) is 14.8. The Bertz CT molecular complexity index is 739. The second kappa shape index (κ2) is 6.30. The highest BCUT2D eigenvalue weighted by molar-refractivity contribution is 5.82. The van der Waals surface area contributed by atoms with E-state index in [2.05, 4.69) is 41.2 Å². The molecule has 0 spiro atoms. The van der Waals surface area contributed by atoms with Crippen molar-refractivity contribution in [1.29, 1.82) is 0 Å². The monoisotopic (exact) mass is 327 g/mol. The first-order valence-electron chi connectivity index (χ1n) is 8.39. The Morgan fingerprint density at radius 3 is 2.88 bits per heavy atom. The standard InChI is InChI=1S/C19H25N3O2/c1-19(2,3)24-18(23)22-11-9-16(13-22)21(4)15-8-7-14-6-5-10-20-17(14)12-15/h5-8,10,12,16H,9,11,13H2,1-4H3/t16-/m0/s1. The van der Waals surface area contributed by atoms with E-state index < -0.39 is 5.60 Å². The number of ether oxygens (including phenoxy) is 1. The lowest BCUT2D eigenvalue weighted by Crippen LogP contribution is -2.39. The smallest absolute Gasteiger partial charge is 0.410 e. The molecule has 1 saturated heterocycles. The topological polar surface area (TPSA) is 45.7 Å². The van der Waals surface area contributed by atoms with Gasteiger partial charge in [0.1, 0.15) is 5.60 Å². The zero-order valence-electron chi connectivity index (χ0n) is 14.8. The van der Waals surface area contributed by atoms with Crippen molar-refractivity contribution >= 4 is 22.7 Å². The molecular formula is C19H25N3O2. The molecule has 5 heteroatoms. The fourth-order valence-electron chi connectivity index (χ4n) is 3.04. The molecule has 3 rings (SSSR count). The van der Waals surface area contributed by atoms with Gasteiger partial charge >= 0.3 is 6.09 Å². The van der Waals surface area contributed by atoms with Crippen molar-refractivity contribution in [2.45, 2.75) is 38.8 Å². The molecule has 0 N–H and O–H groups in total. The van der Waals surface area contributed by atoms with E-state index in [1.165, 1.54) is 0 Å². The predicted octanol–water partition coefficient (Wildman–Crippen LogP) is 3.68. The van der Waals surface area contributed by atoms with E-state index >= 15 is 0 Å². The molecule has 5 nitrogen and oxygen atoms in total. The third-order valence-corrected chi connectivity index (χ3v) is 4.36. The summed E-state index contributed by atoms with van der Waals surface area (Å²) in [7, 11) is 2.08. The predicted molar refractivity (Wildman–Crippen MR) is 96.4 cm³/mol. The number of hydrogen-bond donors (Lipinski definition) is 0. The summed E-state index contributed by atoms with van der Waals surface area (Å²) in [6.45, 7) is 7.10. The van der Waals surface area contributed by atoms with Crippen molar-refractivity contribution < 1.29 is 9.53 Å². The summed E-state index contributed by atoms with van der Waals surface area (Å²) in [4.78, 5) is 20.7. The SMILES string of the molecule is CN(c1ccc2cccnc2c1)[C@H]1CCN(C(=O)OC(C)(C)C)C1. The van der Waals surface area contributed by atoms with Crippen molar-refractivity contribution in [2.24, 2.45) is 0 Å². The van der Waals surface area contributed by atoms with E-state index in [0.29, 0.717) is 12.6 Å². The molecule has 1 aliphatic rings. The number of rotatable bonds is 2. The van der Waals surface area contributed by atoms with Gasteiger partial charge in [-0.05, 0) is 45.4 Å². The average molecular weight is 327 g/mol. The Balaban J connectivity index is 1.69. The van der Waals surface area contributed by atoms with Crippen LogP contribution in [0, 0.1) is 0 Å². The molecular weight excluding hydrogens is 302 g/mol. The normalized spacial score (nSPS) is 18.0. The van der Waals surface area contributed by atoms with E-state index in [0.717, 1.165) is 29.6 Å². The molecule has 1 aromatic carbocycles. The van der Waals surface area contributed by atoms with Crippen LogP contribution < -0.4 is 4.90 Å². The number of aromatic nitrogens is 1. The molecule has 128 valence electrons. The minimum absolute atomic E-state index is 0.224. The molecule has 0 aliphatic carbocycles. The van der Waals surface area contributed by atoms with E-state index in [9.17, 15) is 4.79 Å². The number of nitrogens with zero attached hydrogens (tertiary/aromatic N) is 3. The Kier molecular flexibility index (Phi) is 4.35. The average Bonchev–Trinajstić information content (AvgIpc) is 3.02. The molecule has 0 unspecified atom stereocenters. The highest BCUT2D eigenvalue weighted by Gasteiger charge is 2.31. The highest BCUT2D eigenvalue weighted by atomic mass is 16.6. The van der Waals surface area contributed by atoms with Crippen molar-refractivity contribution in [1.82, 2.24) is 9.88 Å². The number of anilines is 1. The maximum absolute atomic E-state index is 12.2. The molecule has 1 atom stereocenters. The van der Waals surface area contributed by atoms with Crippen LogP contribution in [0.5, 0.6) is 0 Å². The quantitative estimate of drug-likeness (QED) is 0.844. The van der Waals surface area contributed by atoms with Crippen LogP contribution in [0.1, 0.15) is 27.2 Å². The van der Waals surface area contributed by atoms with Gasteiger partial charge < -0.3 is 14.5 Å². The van der Waals surface area contributed by atoms with Gasteiger partial charge in [-0.1, -0.05) is 12.1 Å². The lowest BCUT2D eigenvalue weighted by Gasteiger charge is -2.28. The van der Waals surface area contributed by atoms with Gasteiger partial charge in [-0.3, -0.25) is 4.98 Å². The van der Waals surface area contributed by atoms with Gasteiger partial charge in [0.2, 0.25) is 0 Å². The van der Waals surface area contributed by atoms with Crippen LogP contribution in [0.2, 0.25) is 0 Å². The largest absolute Gasteiger partial charge is 0.444 e. The van der Waals surface area contributed by atoms with Gasteiger partial charge in [0.15, 0.2) is 0 Å². The van der Waals surface area contributed by atoms with Gasteiger partial charge in [0, 0.05) is 43.4 Å². The van der Waals surface area contributed by atoms with E-state index in [1.807, 2.05) is 33.0 Å². The van der Waals surface area contributed by atoms with E-state index in [-0.39, 0.29) is 6.09 Å². The van der Waals surface area contributed by atoms with Crippen LogP contribution in [-0.2, 0) is 4.74 Å². The Hall–Kier alpha value is -2.30. The summed E-state index contributed by atoms with van der Waals surface area (Å²) in [6, 6.07) is 10.6. The van der Waals surface area contributed by atoms with E-state index in [4.69, 9.17) is 4.74 Å². The number of benzene rings is 1. The number of carbonyl (C=O) groups is 1. The molecule has 2 aromatic rings. The molecule has 1 aromatic heterocycles. The zero-order chi connectivity index (χ0) is 17.3. The number of likely N-dealkylation sites (N-methyl/N-ethyl adjacent to an activating group) is 1. The number of fused-ring (bicyclic) bond motifs is 1. The van der Waals surface area contributed by atoms with E-state index in [1.54, 1.807) is 4.90 Å². The highest BCUT2D eigenvalue weighted by Crippen LogP contribution is 2.25. The third kappa shape index (κ3) is 3.61. The molecule has 0 saturated carbocycles. The van der Waals surface area contributed by atoms with Crippen LogP contribution in [0.3, 0.4) is 0 Å². The number of pyridine rings is 1. The van der Waals surface area contributed by atoms with Crippen LogP contribution >= 0.6 is 0 Å². The number of amides is 1. The Morgan fingerprint density at radius 2 is 2.12 bits per heavy atom. The number of carbonyl (C=O) groups excluding carboxylic acids is 1. The minimum atomic E-state index is -0.453. The summed E-state index contributed by atoms with van der Waals surface area (Å²) in [5.41, 5.74) is 1.66. The van der Waals surface area contributed by atoms with Gasteiger partial charge in [-0.25, -0.2) is 4.79 Å². The third-order valence-electron chi connectivity index (χ3n) is 4.36. The van der Waals surface area contributed by atoms with Crippen molar-refractivity contribution in [2.75, 3.05) is 25.0 Å². The van der Waals surface area contributed by atoms with Crippen LogP contribution in [-0.4, -0.2) is 47.8 Å². The summed E-state index contributed by atoms with van der Waals surface area (Å²) in [5, 5.41) is 1.14. The lowest BCUT2D eigenvalue weighted by molar-refractivity contribution is 0.0292. The fraction of sp³-hybridized carbons (Fsp3) is 0.474. The van der Waals surface area contributed by atoms with Gasteiger partial charge in [-0.2, -0.15) is 0 Å². The van der Waals surface area contributed by atoms with Crippen LogP contribution in [0.15, 0.2) is 36.5 Å². The van der Waals surface area contributed by atoms with Crippen LogP contribution in [0.4, 0.5) is 10.5 Å². The summed E-state index contributed by atoms with van der Waals surface area (Å²) >= 11 is 0. The first-order valence-corrected chi connectivity index (χ1v) is 8.39. The maximum Gasteiger partial charge on any atom is 0.410 e. The Labute approximate surface area is 143 Å². The molecule has 1 aliphatic heterocycles. The minimum Gasteiger partial charge on any atom is -0.444 e.